The molecule has 0 aliphatic rings. The van der Waals surface area contributed by atoms with Crippen LogP contribution in [0.2, 0.25) is 0 Å². The van der Waals surface area contributed by atoms with Gasteiger partial charge >= 0.3 is 0 Å². The van der Waals surface area contributed by atoms with Crippen molar-refractivity contribution in [3.05, 3.63) is 53.4 Å². The van der Waals surface area contributed by atoms with Crippen LogP contribution < -0.4 is 4.74 Å². The smallest absolute Gasteiger partial charge is 0.215 e. The summed E-state index contributed by atoms with van der Waals surface area (Å²) in [4.78, 5) is 11.4. The van der Waals surface area contributed by atoms with Gasteiger partial charge in [0.05, 0.1) is 12.6 Å². The Labute approximate surface area is 113 Å². The number of halogens is 2. The number of nitrogens with zero attached hydrogens (tertiary/aromatic N) is 2. The van der Waals surface area contributed by atoms with Crippen molar-refractivity contribution < 1.29 is 13.5 Å². The molecule has 102 valence electrons. The highest BCUT2D eigenvalue weighted by Gasteiger charge is 2.12. The Kier molecular flexibility index (Phi) is 3.06. The van der Waals surface area contributed by atoms with Crippen LogP contribution in [0.3, 0.4) is 0 Å². The summed E-state index contributed by atoms with van der Waals surface area (Å²) >= 11 is 0. The third-order valence-electron chi connectivity index (χ3n) is 2.98. The zero-order valence-corrected chi connectivity index (χ0v) is 10.7. The summed E-state index contributed by atoms with van der Waals surface area (Å²) in [6.07, 6.45) is 0.0389. The molecule has 3 rings (SSSR count). The minimum atomic E-state index is -0.587. The highest BCUT2D eigenvalue weighted by molar-refractivity contribution is 5.71. The summed E-state index contributed by atoms with van der Waals surface area (Å²) in [7, 11) is 1.51. The number of methoxy groups -OCH3 is 1. The van der Waals surface area contributed by atoms with Crippen LogP contribution in [0.5, 0.6) is 5.88 Å². The van der Waals surface area contributed by atoms with Crippen LogP contribution in [0.4, 0.5) is 8.78 Å². The highest BCUT2D eigenvalue weighted by atomic mass is 19.1. The molecule has 0 aliphatic heterocycles. The van der Waals surface area contributed by atoms with Gasteiger partial charge in [-0.15, -0.1) is 0 Å². The number of rotatable bonds is 3. The van der Waals surface area contributed by atoms with Gasteiger partial charge in [0, 0.05) is 18.1 Å². The summed E-state index contributed by atoms with van der Waals surface area (Å²) in [5.41, 5.74) is 1.13. The zero-order valence-electron chi connectivity index (χ0n) is 10.7. The molecule has 3 aromatic rings. The van der Waals surface area contributed by atoms with E-state index in [1.54, 1.807) is 12.1 Å². The lowest BCUT2D eigenvalue weighted by Crippen LogP contribution is -1.98. The van der Waals surface area contributed by atoms with E-state index in [0.29, 0.717) is 22.9 Å². The second-order valence-electron chi connectivity index (χ2n) is 4.29. The Morgan fingerprint density at radius 3 is 2.55 bits per heavy atom. The first-order chi connectivity index (χ1) is 9.67. The molecule has 1 aromatic carbocycles. The first-order valence-corrected chi connectivity index (χ1v) is 6.00. The fourth-order valence-electron chi connectivity index (χ4n) is 1.99. The van der Waals surface area contributed by atoms with Gasteiger partial charge in [-0.2, -0.15) is 4.98 Å². The maximum Gasteiger partial charge on any atom is 0.215 e. The number of hydrogen-bond acceptors (Lipinski definition) is 3. The maximum atomic E-state index is 13.6. The topological polar surface area (TPSA) is 50.8 Å². The van der Waals surface area contributed by atoms with Crippen molar-refractivity contribution >= 4 is 11.2 Å². The molecule has 0 aliphatic carbocycles. The number of aromatic amines is 1. The summed E-state index contributed by atoms with van der Waals surface area (Å²) in [5.74, 6) is -0.288. The molecular weight excluding hydrogens is 264 g/mol. The molecule has 0 unspecified atom stereocenters. The summed E-state index contributed by atoms with van der Waals surface area (Å²) in [5, 5.41) is 0. The Balaban J connectivity index is 1.99. The first-order valence-electron chi connectivity index (χ1n) is 6.00. The number of nitrogens with one attached hydrogen (secondary N) is 1. The van der Waals surface area contributed by atoms with Crippen LogP contribution >= 0.6 is 0 Å². The lowest BCUT2D eigenvalue weighted by Gasteiger charge is -2.01. The number of pyridine rings is 1. The van der Waals surface area contributed by atoms with E-state index in [0.717, 1.165) is 0 Å². The van der Waals surface area contributed by atoms with Crippen molar-refractivity contribution in [1.29, 1.82) is 0 Å². The molecule has 0 spiro atoms. The number of benzene rings is 1. The molecule has 0 saturated heterocycles. The first kappa shape index (κ1) is 12.5. The zero-order chi connectivity index (χ0) is 14.1. The van der Waals surface area contributed by atoms with Gasteiger partial charge in [0.2, 0.25) is 5.88 Å². The lowest BCUT2D eigenvalue weighted by molar-refractivity contribution is 0.399. The molecule has 6 heteroatoms. The van der Waals surface area contributed by atoms with Crippen molar-refractivity contribution in [2.75, 3.05) is 7.11 Å². The van der Waals surface area contributed by atoms with Gasteiger partial charge < -0.3 is 9.72 Å². The largest absolute Gasteiger partial charge is 0.481 e. The normalized spacial score (nSPS) is 10.9. The molecule has 2 aromatic heterocycles. The standard InChI is InChI=1S/C14H11F2N3O/c1-20-13-6-5-11-14(19-13)18-12(17-11)7-8-9(15)3-2-4-10(8)16/h2-6H,7H2,1H3,(H,17,18,19). The van der Waals surface area contributed by atoms with Crippen LogP contribution in [-0.4, -0.2) is 22.1 Å². The fraction of sp³-hybridized carbons (Fsp3) is 0.143. The van der Waals surface area contributed by atoms with Gasteiger partial charge in [0.25, 0.3) is 0 Å². The van der Waals surface area contributed by atoms with Crippen LogP contribution in [-0.2, 0) is 6.42 Å². The molecule has 0 radical (unpaired) electrons. The lowest BCUT2D eigenvalue weighted by atomic mass is 10.1. The molecule has 1 N–H and O–H groups in total. The average Bonchev–Trinajstić information content (AvgIpc) is 2.84. The van der Waals surface area contributed by atoms with E-state index in [1.165, 1.54) is 25.3 Å². The molecule has 0 atom stereocenters. The van der Waals surface area contributed by atoms with Crippen LogP contribution in [0.15, 0.2) is 30.3 Å². The van der Waals surface area contributed by atoms with E-state index in [1.807, 2.05) is 0 Å². The van der Waals surface area contributed by atoms with E-state index in [4.69, 9.17) is 4.74 Å². The third-order valence-corrected chi connectivity index (χ3v) is 2.98. The minimum absolute atomic E-state index is 0.0153. The quantitative estimate of drug-likeness (QED) is 0.799. The number of hydrogen-bond donors (Lipinski definition) is 1. The summed E-state index contributed by atoms with van der Waals surface area (Å²) < 4.78 is 32.2. The third kappa shape index (κ3) is 2.20. The van der Waals surface area contributed by atoms with E-state index in [-0.39, 0.29) is 12.0 Å². The Morgan fingerprint density at radius 1 is 1.10 bits per heavy atom. The second-order valence-corrected chi connectivity index (χ2v) is 4.29. The molecule has 20 heavy (non-hydrogen) atoms. The number of fused-ring (bicyclic) bond motifs is 1. The molecule has 0 saturated carbocycles. The van der Waals surface area contributed by atoms with Crippen LogP contribution in [0, 0.1) is 11.6 Å². The monoisotopic (exact) mass is 275 g/mol. The van der Waals surface area contributed by atoms with E-state index < -0.39 is 11.6 Å². The SMILES string of the molecule is COc1ccc2[nH]c(Cc3c(F)cccc3F)nc2n1. The van der Waals surface area contributed by atoms with Gasteiger partial charge in [0.15, 0.2) is 5.65 Å². The molecular formula is C14H11F2N3O. The van der Waals surface area contributed by atoms with Gasteiger partial charge in [-0.3, -0.25) is 0 Å². The molecule has 0 fully saturated rings. The average molecular weight is 275 g/mol. The van der Waals surface area contributed by atoms with E-state index >= 15 is 0 Å². The maximum absolute atomic E-state index is 13.6. The second kappa shape index (κ2) is 4.88. The van der Waals surface area contributed by atoms with Crippen molar-refractivity contribution in [2.24, 2.45) is 0 Å². The van der Waals surface area contributed by atoms with Gasteiger partial charge in [-0.25, -0.2) is 13.8 Å². The van der Waals surface area contributed by atoms with Gasteiger partial charge in [-0.05, 0) is 18.2 Å². The predicted molar refractivity (Wildman–Crippen MR) is 69.6 cm³/mol. The van der Waals surface area contributed by atoms with Crippen molar-refractivity contribution in [3.63, 3.8) is 0 Å². The van der Waals surface area contributed by atoms with Crippen molar-refractivity contribution in [1.82, 2.24) is 15.0 Å². The van der Waals surface area contributed by atoms with Gasteiger partial charge in [0.1, 0.15) is 17.5 Å². The van der Waals surface area contributed by atoms with E-state index in [2.05, 4.69) is 15.0 Å². The Hall–Kier alpha value is -2.50. The number of ether oxygens (including phenoxy) is 1. The molecule has 0 amide bonds. The van der Waals surface area contributed by atoms with Crippen molar-refractivity contribution in [3.8, 4) is 5.88 Å². The Bertz CT molecular complexity index is 750. The Morgan fingerprint density at radius 2 is 1.85 bits per heavy atom. The summed E-state index contributed by atoms with van der Waals surface area (Å²) in [6, 6.07) is 7.23. The number of imidazole rings is 1. The molecule has 4 nitrogen and oxygen atoms in total. The minimum Gasteiger partial charge on any atom is -0.481 e. The highest BCUT2D eigenvalue weighted by Crippen LogP contribution is 2.19. The molecule has 0 bridgehead atoms. The summed E-state index contributed by atoms with van der Waals surface area (Å²) in [6.45, 7) is 0. The van der Waals surface area contributed by atoms with Gasteiger partial charge in [-0.1, -0.05) is 6.07 Å². The molecule has 2 heterocycles. The predicted octanol–water partition coefficient (Wildman–Crippen LogP) is 2.84. The van der Waals surface area contributed by atoms with Crippen LogP contribution in [0.1, 0.15) is 11.4 Å². The van der Waals surface area contributed by atoms with Crippen molar-refractivity contribution in [2.45, 2.75) is 6.42 Å². The van der Waals surface area contributed by atoms with Crippen LogP contribution in [0.25, 0.3) is 11.2 Å². The van der Waals surface area contributed by atoms with E-state index in [9.17, 15) is 8.78 Å². The number of H-pyrrole nitrogens is 1. The fourth-order valence-corrected chi connectivity index (χ4v) is 1.99. The number of aromatic nitrogens is 3.